The lowest BCUT2D eigenvalue weighted by atomic mass is 10.2. The molecule has 1 saturated heterocycles. The molecule has 0 aliphatic carbocycles. The van der Waals surface area contributed by atoms with E-state index in [0.717, 1.165) is 13.0 Å². The van der Waals surface area contributed by atoms with E-state index in [1.807, 2.05) is 4.90 Å². The van der Waals surface area contributed by atoms with Crippen LogP contribution in [0.2, 0.25) is 0 Å². The minimum atomic E-state index is 0.0662. The van der Waals surface area contributed by atoms with Crippen molar-refractivity contribution in [3.8, 4) is 0 Å². The highest BCUT2D eigenvalue weighted by Gasteiger charge is 2.29. The standard InChI is InChI=1S/C8H16N2O/c1-3-6(2)10-5-7(9)4-8(10)11/h6-7H,3-5,9H2,1-2H3. The quantitative estimate of drug-likeness (QED) is 0.627. The first-order valence-electron chi connectivity index (χ1n) is 4.20. The van der Waals surface area contributed by atoms with Gasteiger partial charge in [-0.25, -0.2) is 0 Å². The van der Waals surface area contributed by atoms with Crippen LogP contribution in [0.4, 0.5) is 0 Å². The van der Waals surface area contributed by atoms with Gasteiger partial charge in [0.05, 0.1) is 0 Å². The highest BCUT2D eigenvalue weighted by molar-refractivity contribution is 5.79. The molecule has 11 heavy (non-hydrogen) atoms. The molecule has 1 aliphatic rings. The maximum Gasteiger partial charge on any atom is 0.224 e. The second kappa shape index (κ2) is 3.22. The van der Waals surface area contributed by atoms with Crippen LogP contribution in [-0.4, -0.2) is 29.4 Å². The first-order valence-corrected chi connectivity index (χ1v) is 4.20. The van der Waals surface area contributed by atoms with Gasteiger partial charge in [-0.05, 0) is 13.3 Å². The number of carbonyl (C=O) groups excluding carboxylic acids is 1. The van der Waals surface area contributed by atoms with Crippen molar-refractivity contribution in [1.29, 1.82) is 0 Å². The van der Waals surface area contributed by atoms with Crippen molar-refractivity contribution in [1.82, 2.24) is 4.90 Å². The Morgan fingerprint density at radius 3 is 2.82 bits per heavy atom. The van der Waals surface area contributed by atoms with Gasteiger partial charge in [-0.15, -0.1) is 0 Å². The molecule has 1 heterocycles. The molecule has 0 bridgehead atoms. The number of nitrogens with zero attached hydrogens (tertiary/aromatic N) is 1. The highest BCUT2D eigenvalue weighted by Crippen LogP contribution is 2.14. The lowest BCUT2D eigenvalue weighted by Gasteiger charge is -2.22. The number of carbonyl (C=O) groups is 1. The molecule has 0 aromatic heterocycles. The summed E-state index contributed by atoms with van der Waals surface area (Å²) < 4.78 is 0. The topological polar surface area (TPSA) is 46.3 Å². The van der Waals surface area contributed by atoms with E-state index in [0.29, 0.717) is 12.5 Å². The van der Waals surface area contributed by atoms with E-state index in [2.05, 4.69) is 13.8 Å². The zero-order valence-electron chi connectivity index (χ0n) is 7.21. The Balaban J connectivity index is 2.52. The Kier molecular flexibility index (Phi) is 2.49. The van der Waals surface area contributed by atoms with E-state index < -0.39 is 0 Å². The first kappa shape index (κ1) is 8.53. The SMILES string of the molecule is CCC(C)N1CC(N)CC1=O. The van der Waals surface area contributed by atoms with Crippen molar-refractivity contribution in [3.63, 3.8) is 0 Å². The molecular formula is C8H16N2O. The van der Waals surface area contributed by atoms with E-state index in [9.17, 15) is 4.79 Å². The predicted octanol–water partition coefficient (Wildman–Crippen LogP) is 0.344. The van der Waals surface area contributed by atoms with Crippen molar-refractivity contribution < 1.29 is 4.79 Å². The van der Waals surface area contributed by atoms with Crippen molar-refractivity contribution in [2.24, 2.45) is 5.73 Å². The largest absolute Gasteiger partial charge is 0.338 e. The second-order valence-electron chi connectivity index (χ2n) is 3.27. The van der Waals surface area contributed by atoms with Gasteiger partial charge in [0.1, 0.15) is 0 Å². The fourth-order valence-electron chi connectivity index (χ4n) is 1.41. The summed E-state index contributed by atoms with van der Waals surface area (Å²) in [7, 11) is 0. The summed E-state index contributed by atoms with van der Waals surface area (Å²) >= 11 is 0. The molecule has 0 spiro atoms. The van der Waals surface area contributed by atoms with Crippen LogP contribution in [0.5, 0.6) is 0 Å². The van der Waals surface area contributed by atoms with E-state index >= 15 is 0 Å². The van der Waals surface area contributed by atoms with Gasteiger partial charge in [-0.1, -0.05) is 6.92 Å². The molecule has 0 aromatic rings. The molecule has 64 valence electrons. The van der Waals surface area contributed by atoms with Crippen LogP contribution in [0.25, 0.3) is 0 Å². The molecule has 0 saturated carbocycles. The van der Waals surface area contributed by atoms with Crippen LogP contribution in [0.3, 0.4) is 0 Å². The van der Waals surface area contributed by atoms with E-state index in [1.54, 1.807) is 0 Å². The highest BCUT2D eigenvalue weighted by atomic mass is 16.2. The Labute approximate surface area is 67.5 Å². The van der Waals surface area contributed by atoms with Crippen molar-refractivity contribution in [2.45, 2.75) is 38.8 Å². The van der Waals surface area contributed by atoms with Gasteiger partial charge >= 0.3 is 0 Å². The summed E-state index contributed by atoms with van der Waals surface area (Å²) in [6, 6.07) is 0.424. The smallest absolute Gasteiger partial charge is 0.224 e. The molecular weight excluding hydrogens is 140 g/mol. The molecule has 2 atom stereocenters. The van der Waals surface area contributed by atoms with Gasteiger partial charge in [0.25, 0.3) is 0 Å². The molecule has 1 aliphatic heterocycles. The van der Waals surface area contributed by atoms with Crippen LogP contribution in [0, 0.1) is 0 Å². The lowest BCUT2D eigenvalue weighted by Crippen LogP contribution is -2.35. The van der Waals surface area contributed by atoms with E-state index in [-0.39, 0.29) is 11.9 Å². The third-order valence-corrected chi connectivity index (χ3v) is 2.31. The Morgan fingerprint density at radius 2 is 2.45 bits per heavy atom. The van der Waals surface area contributed by atoms with Gasteiger partial charge in [-0.2, -0.15) is 0 Å². The summed E-state index contributed by atoms with van der Waals surface area (Å²) in [5, 5.41) is 0. The number of nitrogens with two attached hydrogens (primary N) is 1. The predicted molar refractivity (Wildman–Crippen MR) is 44.1 cm³/mol. The Hall–Kier alpha value is -0.570. The molecule has 1 fully saturated rings. The summed E-state index contributed by atoms with van der Waals surface area (Å²) in [4.78, 5) is 13.1. The van der Waals surface area contributed by atoms with Crippen LogP contribution in [-0.2, 0) is 4.79 Å². The van der Waals surface area contributed by atoms with Gasteiger partial charge in [0.15, 0.2) is 0 Å². The Morgan fingerprint density at radius 1 is 1.82 bits per heavy atom. The third kappa shape index (κ3) is 1.71. The fourth-order valence-corrected chi connectivity index (χ4v) is 1.41. The van der Waals surface area contributed by atoms with Crippen LogP contribution in [0.15, 0.2) is 0 Å². The van der Waals surface area contributed by atoms with Gasteiger partial charge in [0.2, 0.25) is 5.91 Å². The molecule has 1 amide bonds. The molecule has 2 N–H and O–H groups in total. The summed E-state index contributed by atoms with van der Waals surface area (Å²) in [5.74, 6) is 0.215. The minimum Gasteiger partial charge on any atom is -0.338 e. The number of hydrogen-bond acceptors (Lipinski definition) is 2. The fraction of sp³-hybridized carbons (Fsp3) is 0.875. The zero-order valence-corrected chi connectivity index (χ0v) is 7.21. The molecule has 3 nitrogen and oxygen atoms in total. The normalized spacial score (nSPS) is 27.7. The zero-order chi connectivity index (χ0) is 8.43. The number of rotatable bonds is 2. The van der Waals surface area contributed by atoms with Gasteiger partial charge in [0, 0.05) is 25.0 Å². The molecule has 3 heteroatoms. The Bertz CT molecular complexity index is 158. The number of hydrogen-bond donors (Lipinski definition) is 1. The second-order valence-corrected chi connectivity index (χ2v) is 3.27. The maximum absolute atomic E-state index is 11.2. The molecule has 1 rings (SSSR count). The summed E-state index contributed by atoms with van der Waals surface area (Å²) in [6.45, 7) is 4.89. The number of amides is 1. The van der Waals surface area contributed by atoms with Crippen LogP contribution >= 0.6 is 0 Å². The average molecular weight is 156 g/mol. The third-order valence-electron chi connectivity index (χ3n) is 2.31. The monoisotopic (exact) mass is 156 g/mol. The summed E-state index contributed by atoms with van der Waals surface area (Å²) in [6.07, 6.45) is 1.54. The number of likely N-dealkylation sites (tertiary alicyclic amines) is 1. The lowest BCUT2D eigenvalue weighted by molar-refractivity contribution is -0.129. The first-order chi connectivity index (χ1) is 5.15. The van der Waals surface area contributed by atoms with Crippen LogP contribution < -0.4 is 5.73 Å². The molecule has 0 radical (unpaired) electrons. The summed E-state index contributed by atoms with van der Waals surface area (Å²) in [5.41, 5.74) is 5.65. The maximum atomic E-state index is 11.2. The van der Waals surface area contributed by atoms with Gasteiger partial charge in [-0.3, -0.25) is 4.79 Å². The molecule has 0 aromatic carbocycles. The van der Waals surface area contributed by atoms with Crippen LogP contribution in [0.1, 0.15) is 26.7 Å². The average Bonchev–Trinajstić information content (AvgIpc) is 2.28. The molecule has 2 unspecified atom stereocenters. The van der Waals surface area contributed by atoms with Crippen molar-refractivity contribution in [3.05, 3.63) is 0 Å². The van der Waals surface area contributed by atoms with E-state index in [1.165, 1.54) is 0 Å². The minimum absolute atomic E-state index is 0.0662. The van der Waals surface area contributed by atoms with Crippen molar-refractivity contribution in [2.75, 3.05) is 6.54 Å². The van der Waals surface area contributed by atoms with Gasteiger partial charge < -0.3 is 10.6 Å². The van der Waals surface area contributed by atoms with Crippen molar-refractivity contribution >= 4 is 5.91 Å². The van der Waals surface area contributed by atoms with E-state index in [4.69, 9.17) is 5.73 Å².